The Balaban J connectivity index is 2.26. The maximum atomic E-state index is 3.65. The van der Waals surface area contributed by atoms with Crippen LogP contribution in [0.25, 0.3) is 0 Å². The van der Waals surface area contributed by atoms with Crippen LogP contribution in [-0.4, -0.2) is 0 Å². The van der Waals surface area contributed by atoms with Crippen LogP contribution in [0.2, 0.25) is 0 Å². The van der Waals surface area contributed by atoms with E-state index < -0.39 is 0 Å². The molecule has 1 N–H and O–H groups in total. The highest BCUT2D eigenvalue weighted by Crippen LogP contribution is 2.23. The summed E-state index contributed by atoms with van der Waals surface area (Å²) in [6.45, 7) is 11.9. The first kappa shape index (κ1) is 14.6. The molecule has 2 rings (SSSR count). The molecular formula is C19H25N. The topological polar surface area (TPSA) is 12.0 Å². The summed E-state index contributed by atoms with van der Waals surface area (Å²) >= 11 is 0. The first-order valence-corrected chi connectivity index (χ1v) is 7.42. The van der Waals surface area contributed by atoms with Crippen LogP contribution in [0.4, 0.5) is 5.69 Å². The summed E-state index contributed by atoms with van der Waals surface area (Å²) in [5.74, 6) is 0. The molecule has 0 heterocycles. The fourth-order valence-corrected chi connectivity index (χ4v) is 2.94. The van der Waals surface area contributed by atoms with Gasteiger partial charge in [0.1, 0.15) is 0 Å². The highest BCUT2D eigenvalue weighted by molar-refractivity contribution is 5.58. The number of anilines is 1. The van der Waals surface area contributed by atoms with Gasteiger partial charge in [0, 0.05) is 12.2 Å². The number of hydrogen-bond donors (Lipinski definition) is 1. The van der Waals surface area contributed by atoms with Gasteiger partial charge in [-0.25, -0.2) is 0 Å². The molecular weight excluding hydrogens is 242 g/mol. The van der Waals surface area contributed by atoms with Crippen molar-refractivity contribution in [1.29, 1.82) is 0 Å². The van der Waals surface area contributed by atoms with Crippen molar-refractivity contribution in [3.8, 4) is 0 Å². The molecule has 106 valence electrons. The summed E-state index contributed by atoms with van der Waals surface area (Å²) in [6.07, 6.45) is 1.07. The Bertz CT molecular complexity index is 588. The van der Waals surface area contributed by atoms with E-state index in [1.54, 1.807) is 0 Å². The molecule has 20 heavy (non-hydrogen) atoms. The summed E-state index contributed by atoms with van der Waals surface area (Å²) in [5.41, 5.74) is 9.53. The average molecular weight is 267 g/mol. The molecule has 0 saturated heterocycles. The second-order valence-corrected chi connectivity index (χ2v) is 5.69. The third-order valence-corrected chi connectivity index (χ3v) is 4.02. The second-order valence-electron chi connectivity index (χ2n) is 5.69. The summed E-state index contributed by atoms with van der Waals surface area (Å²) in [7, 11) is 0. The van der Waals surface area contributed by atoms with Gasteiger partial charge in [-0.15, -0.1) is 0 Å². The molecule has 2 aromatic rings. The lowest BCUT2D eigenvalue weighted by Gasteiger charge is -2.17. The van der Waals surface area contributed by atoms with Gasteiger partial charge in [0.2, 0.25) is 0 Å². The molecule has 0 bridgehead atoms. The van der Waals surface area contributed by atoms with Crippen LogP contribution in [-0.2, 0) is 13.0 Å². The van der Waals surface area contributed by atoms with Gasteiger partial charge in [-0.3, -0.25) is 0 Å². The Morgan fingerprint density at radius 1 is 0.900 bits per heavy atom. The summed E-state index contributed by atoms with van der Waals surface area (Å²) in [6, 6.07) is 11.1. The van der Waals surface area contributed by atoms with E-state index >= 15 is 0 Å². The molecule has 1 heteroatoms. The molecule has 0 aliphatic heterocycles. The van der Waals surface area contributed by atoms with Crippen LogP contribution in [0.15, 0.2) is 30.3 Å². The maximum Gasteiger partial charge on any atom is 0.0406 e. The third-order valence-electron chi connectivity index (χ3n) is 4.02. The van der Waals surface area contributed by atoms with Gasteiger partial charge >= 0.3 is 0 Å². The highest BCUT2D eigenvalue weighted by Gasteiger charge is 2.07. The van der Waals surface area contributed by atoms with Gasteiger partial charge < -0.3 is 5.32 Å². The second kappa shape index (κ2) is 6.13. The minimum atomic E-state index is 0.899. The standard InChI is InChI=1S/C19H25N/c1-6-17-9-7-8-14(3)19(17)20-12-18-15(4)10-13(2)11-16(18)5/h7-11,20H,6,12H2,1-5H3. The van der Waals surface area contributed by atoms with Gasteiger partial charge in [0.15, 0.2) is 0 Å². The zero-order chi connectivity index (χ0) is 14.7. The molecule has 0 unspecified atom stereocenters. The lowest BCUT2D eigenvalue weighted by molar-refractivity contribution is 1.05. The number of para-hydroxylation sites is 1. The molecule has 0 fully saturated rings. The predicted molar refractivity (Wildman–Crippen MR) is 88.5 cm³/mol. The quantitative estimate of drug-likeness (QED) is 0.813. The lowest BCUT2D eigenvalue weighted by Crippen LogP contribution is -2.07. The van der Waals surface area contributed by atoms with Crippen molar-refractivity contribution in [3.63, 3.8) is 0 Å². The van der Waals surface area contributed by atoms with Gasteiger partial charge in [0.05, 0.1) is 0 Å². The fourth-order valence-electron chi connectivity index (χ4n) is 2.94. The number of benzene rings is 2. The van der Waals surface area contributed by atoms with E-state index in [1.165, 1.54) is 39.1 Å². The molecule has 0 atom stereocenters. The molecule has 0 saturated carbocycles. The molecule has 2 aromatic carbocycles. The molecule has 0 aliphatic rings. The normalized spacial score (nSPS) is 10.7. The van der Waals surface area contributed by atoms with Gasteiger partial charge in [-0.05, 0) is 61.9 Å². The smallest absolute Gasteiger partial charge is 0.0406 e. The minimum Gasteiger partial charge on any atom is -0.381 e. The first-order valence-electron chi connectivity index (χ1n) is 7.42. The van der Waals surface area contributed by atoms with Gasteiger partial charge in [-0.2, -0.15) is 0 Å². The van der Waals surface area contributed by atoms with Crippen molar-refractivity contribution in [1.82, 2.24) is 0 Å². The van der Waals surface area contributed by atoms with Crippen molar-refractivity contribution < 1.29 is 0 Å². The monoisotopic (exact) mass is 267 g/mol. The Morgan fingerprint density at radius 3 is 2.15 bits per heavy atom. The zero-order valence-corrected chi connectivity index (χ0v) is 13.3. The van der Waals surface area contributed by atoms with Crippen molar-refractivity contribution in [3.05, 3.63) is 63.7 Å². The lowest BCUT2D eigenvalue weighted by atomic mass is 9.99. The molecule has 0 amide bonds. The van der Waals surface area contributed by atoms with Crippen LogP contribution in [0, 0.1) is 27.7 Å². The van der Waals surface area contributed by atoms with E-state index in [9.17, 15) is 0 Å². The van der Waals surface area contributed by atoms with Crippen molar-refractivity contribution in [2.24, 2.45) is 0 Å². The van der Waals surface area contributed by atoms with Crippen LogP contribution < -0.4 is 5.32 Å². The van der Waals surface area contributed by atoms with E-state index in [4.69, 9.17) is 0 Å². The van der Waals surface area contributed by atoms with Crippen molar-refractivity contribution >= 4 is 5.69 Å². The van der Waals surface area contributed by atoms with Crippen LogP contribution in [0.3, 0.4) is 0 Å². The van der Waals surface area contributed by atoms with Crippen LogP contribution in [0.5, 0.6) is 0 Å². The maximum absolute atomic E-state index is 3.65. The summed E-state index contributed by atoms with van der Waals surface area (Å²) < 4.78 is 0. The predicted octanol–water partition coefficient (Wildman–Crippen LogP) is 5.09. The average Bonchev–Trinajstić information content (AvgIpc) is 2.38. The summed E-state index contributed by atoms with van der Waals surface area (Å²) in [5, 5.41) is 3.65. The Kier molecular flexibility index (Phi) is 4.49. The molecule has 0 aromatic heterocycles. The van der Waals surface area contributed by atoms with Crippen LogP contribution >= 0.6 is 0 Å². The third kappa shape index (κ3) is 3.04. The molecule has 0 aliphatic carbocycles. The zero-order valence-electron chi connectivity index (χ0n) is 13.3. The van der Waals surface area contributed by atoms with Crippen molar-refractivity contribution in [2.75, 3.05) is 5.32 Å². The molecule has 0 radical (unpaired) electrons. The van der Waals surface area contributed by atoms with Crippen LogP contribution in [0.1, 0.15) is 40.3 Å². The van der Waals surface area contributed by atoms with E-state index in [2.05, 4.69) is 70.3 Å². The SMILES string of the molecule is CCc1cccc(C)c1NCc1c(C)cc(C)cc1C. The first-order chi connectivity index (χ1) is 9.52. The Morgan fingerprint density at radius 2 is 1.55 bits per heavy atom. The number of hydrogen-bond acceptors (Lipinski definition) is 1. The van der Waals surface area contributed by atoms with E-state index in [1.807, 2.05) is 0 Å². The number of aryl methyl sites for hydroxylation is 5. The number of rotatable bonds is 4. The summed E-state index contributed by atoms with van der Waals surface area (Å²) in [4.78, 5) is 0. The highest BCUT2D eigenvalue weighted by atomic mass is 14.9. The largest absolute Gasteiger partial charge is 0.381 e. The van der Waals surface area contributed by atoms with E-state index in [-0.39, 0.29) is 0 Å². The minimum absolute atomic E-state index is 0.899. The van der Waals surface area contributed by atoms with Gasteiger partial charge in [-0.1, -0.05) is 42.8 Å². The Hall–Kier alpha value is -1.76. The fraction of sp³-hybridized carbons (Fsp3) is 0.368. The molecule has 1 nitrogen and oxygen atoms in total. The molecule has 0 spiro atoms. The Labute approximate surface area is 123 Å². The van der Waals surface area contributed by atoms with E-state index in [0.717, 1.165) is 13.0 Å². The van der Waals surface area contributed by atoms with E-state index in [0.29, 0.717) is 0 Å². The van der Waals surface area contributed by atoms with Gasteiger partial charge in [0.25, 0.3) is 0 Å². The number of nitrogens with one attached hydrogen (secondary N) is 1. The van der Waals surface area contributed by atoms with Crippen molar-refractivity contribution in [2.45, 2.75) is 47.6 Å².